The summed E-state index contributed by atoms with van der Waals surface area (Å²) < 4.78 is 0. The molecule has 1 saturated heterocycles. The molecule has 0 bridgehead atoms. The molecule has 0 aromatic heterocycles. The lowest BCUT2D eigenvalue weighted by atomic mass is 9.82. The number of likely N-dealkylation sites (tertiary alicyclic amines) is 1. The molecule has 0 amide bonds. The predicted molar refractivity (Wildman–Crippen MR) is 73.3 cm³/mol. The van der Waals surface area contributed by atoms with Gasteiger partial charge in [0.05, 0.1) is 0 Å². The summed E-state index contributed by atoms with van der Waals surface area (Å²) in [5.74, 6) is 1.96. The molecule has 1 saturated carbocycles. The van der Waals surface area contributed by atoms with Crippen LogP contribution in [-0.2, 0) is 0 Å². The fraction of sp³-hybridized carbons (Fsp3) is 0.929. The van der Waals surface area contributed by atoms with E-state index in [9.17, 15) is 0 Å². The Morgan fingerprint density at radius 3 is 2.47 bits per heavy atom. The van der Waals surface area contributed by atoms with Gasteiger partial charge in [-0.2, -0.15) is 0 Å². The first kappa shape index (κ1) is 12.7. The van der Waals surface area contributed by atoms with Crippen LogP contribution in [0.2, 0.25) is 0 Å². The van der Waals surface area contributed by atoms with E-state index in [2.05, 4.69) is 36.0 Å². The Morgan fingerprint density at radius 2 is 2.06 bits per heavy atom. The van der Waals surface area contributed by atoms with Crippen molar-refractivity contribution in [3.63, 3.8) is 0 Å². The van der Waals surface area contributed by atoms with E-state index in [-0.39, 0.29) is 0 Å². The van der Waals surface area contributed by atoms with E-state index in [1.54, 1.807) is 0 Å². The van der Waals surface area contributed by atoms with Gasteiger partial charge in [0.25, 0.3) is 0 Å². The zero-order valence-corrected chi connectivity index (χ0v) is 11.8. The van der Waals surface area contributed by atoms with Gasteiger partial charge >= 0.3 is 0 Å². The van der Waals surface area contributed by atoms with Gasteiger partial charge in [0.2, 0.25) is 0 Å². The molecule has 0 radical (unpaired) electrons. The Morgan fingerprint density at radius 1 is 1.41 bits per heavy atom. The fourth-order valence-corrected chi connectivity index (χ4v) is 2.93. The van der Waals surface area contributed by atoms with Crippen LogP contribution in [0.4, 0.5) is 0 Å². The molecule has 98 valence electrons. The maximum atomic E-state index is 4.45. The summed E-state index contributed by atoms with van der Waals surface area (Å²) in [4.78, 5) is 6.91. The highest BCUT2D eigenvalue weighted by Crippen LogP contribution is 2.37. The number of hydrogen-bond acceptors (Lipinski definition) is 1. The summed E-state index contributed by atoms with van der Waals surface area (Å²) in [6.45, 7) is 9.30. The van der Waals surface area contributed by atoms with E-state index < -0.39 is 0 Å². The highest BCUT2D eigenvalue weighted by Gasteiger charge is 2.39. The van der Waals surface area contributed by atoms with Gasteiger partial charge in [0, 0.05) is 26.2 Å². The minimum Gasteiger partial charge on any atom is -0.353 e. The van der Waals surface area contributed by atoms with Crippen LogP contribution < -0.4 is 5.32 Å². The van der Waals surface area contributed by atoms with Gasteiger partial charge in [-0.05, 0) is 37.0 Å². The van der Waals surface area contributed by atoms with Gasteiger partial charge in [-0.15, -0.1) is 0 Å². The second-order valence-corrected chi connectivity index (χ2v) is 5.89. The largest absolute Gasteiger partial charge is 0.353 e. The third kappa shape index (κ3) is 2.58. The second-order valence-electron chi connectivity index (χ2n) is 5.89. The van der Waals surface area contributed by atoms with Crippen molar-refractivity contribution in [3.05, 3.63) is 0 Å². The third-order valence-electron chi connectivity index (χ3n) is 4.87. The minimum atomic E-state index is 0.535. The maximum Gasteiger partial charge on any atom is 0.193 e. The van der Waals surface area contributed by atoms with Crippen molar-refractivity contribution in [1.29, 1.82) is 0 Å². The van der Waals surface area contributed by atoms with Crippen molar-refractivity contribution in [3.8, 4) is 0 Å². The van der Waals surface area contributed by atoms with E-state index >= 15 is 0 Å². The molecule has 1 aliphatic heterocycles. The van der Waals surface area contributed by atoms with Crippen molar-refractivity contribution in [1.82, 2.24) is 10.2 Å². The van der Waals surface area contributed by atoms with Gasteiger partial charge in [-0.3, -0.25) is 4.99 Å². The van der Waals surface area contributed by atoms with Crippen molar-refractivity contribution in [2.45, 2.75) is 52.5 Å². The van der Waals surface area contributed by atoms with Crippen LogP contribution in [0.3, 0.4) is 0 Å². The van der Waals surface area contributed by atoms with Crippen molar-refractivity contribution in [2.24, 2.45) is 16.3 Å². The number of aliphatic imine (C=N–C) groups is 1. The molecule has 2 atom stereocenters. The van der Waals surface area contributed by atoms with Crippen LogP contribution in [-0.4, -0.2) is 37.0 Å². The highest BCUT2D eigenvalue weighted by atomic mass is 15.3. The van der Waals surface area contributed by atoms with E-state index in [0.29, 0.717) is 11.5 Å². The zero-order chi connectivity index (χ0) is 12.5. The molecule has 0 spiro atoms. The molecule has 17 heavy (non-hydrogen) atoms. The van der Waals surface area contributed by atoms with Crippen LogP contribution in [0.25, 0.3) is 0 Å². The van der Waals surface area contributed by atoms with E-state index in [1.807, 2.05) is 7.05 Å². The first-order valence-corrected chi connectivity index (χ1v) is 7.12. The van der Waals surface area contributed by atoms with E-state index in [1.165, 1.54) is 38.8 Å². The minimum absolute atomic E-state index is 0.535. The molecule has 3 heteroatoms. The third-order valence-corrected chi connectivity index (χ3v) is 4.87. The van der Waals surface area contributed by atoms with Gasteiger partial charge in [0.15, 0.2) is 5.96 Å². The molecular weight excluding hydrogens is 210 g/mol. The quantitative estimate of drug-likeness (QED) is 0.603. The van der Waals surface area contributed by atoms with E-state index in [0.717, 1.165) is 11.9 Å². The zero-order valence-electron chi connectivity index (χ0n) is 11.8. The molecule has 1 N–H and O–H groups in total. The second kappa shape index (κ2) is 4.87. The van der Waals surface area contributed by atoms with Gasteiger partial charge in [-0.1, -0.05) is 20.8 Å². The van der Waals surface area contributed by atoms with Crippen molar-refractivity contribution < 1.29 is 0 Å². The van der Waals surface area contributed by atoms with Crippen LogP contribution >= 0.6 is 0 Å². The summed E-state index contributed by atoms with van der Waals surface area (Å²) >= 11 is 0. The summed E-state index contributed by atoms with van der Waals surface area (Å²) in [6.07, 6.45) is 5.20. The molecule has 2 aliphatic rings. The summed E-state index contributed by atoms with van der Waals surface area (Å²) in [7, 11) is 1.91. The van der Waals surface area contributed by atoms with Gasteiger partial charge in [0.1, 0.15) is 0 Å². The molecule has 0 aromatic carbocycles. The first-order valence-electron chi connectivity index (χ1n) is 7.12. The smallest absolute Gasteiger partial charge is 0.193 e. The summed E-state index contributed by atoms with van der Waals surface area (Å²) in [6, 6.07) is 0.673. The number of nitrogens with one attached hydrogen (secondary N) is 1. The molecular formula is C14H27N3. The number of guanidine groups is 1. The fourth-order valence-electron chi connectivity index (χ4n) is 2.93. The van der Waals surface area contributed by atoms with Gasteiger partial charge in [-0.25, -0.2) is 0 Å². The number of nitrogens with zero attached hydrogens (tertiary/aromatic N) is 2. The summed E-state index contributed by atoms with van der Waals surface area (Å²) in [5.41, 5.74) is 0.535. The average molecular weight is 237 g/mol. The Bertz CT molecular complexity index is 294. The molecule has 2 unspecified atom stereocenters. The normalized spacial score (nSPS) is 31.8. The topological polar surface area (TPSA) is 27.6 Å². The number of rotatable bonds is 3. The van der Waals surface area contributed by atoms with Crippen LogP contribution in [0.1, 0.15) is 46.5 Å². The molecule has 1 heterocycles. The van der Waals surface area contributed by atoms with Crippen molar-refractivity contribution in [2.75, 3.05) is 20.1 Å². The summed E-state index contributed by atoms with van der Waals surface area (Å²) in [5, 5.41) is 3.59. The Labute approximate surface area is 106 Å². The highest BCUT2D eigenvalue weighted by molar-refractivity contribution is 5.80. The molecule has 2 rings (SSSR count). The lowest BCUT2D eigenvalue weighted by molar-refractivity contribution is 0.276. The first-order chi connectivity index (χ1) is 8.14. The van der Waals surface area contributed by atoms with Crippen molar-refractivity contribution >= 4 is 5.96 Å². The molecule has 1 aliphatic carbocycles. The predicted octanol–water partition coefficient (Wildman–Crippen LogP) is 2.48. The Hall–Kier alpha value is -0.730. The monoisotopic (exact) mass is 237 g/mol. The number of hydrogen-bond donors (Lipinski definition) is 1. The SMILES string of the molecule is CCC1(CC)CCN(C(=NC)NC2CC2C)C1. The lowest BCUT2D eigenvalue weighted by Crippen LogP contribution is -2.42. The Balaban J connectivity index is 1.93. The van der Waals surface area contributed by atoms with Crippen LogP contribution in [0.5, 0.6) is 0 Å². The maximum absolute atomic E-state index is 4.45. The van der Waals surface area contributed by atoms with Crippen LogP contribution in [0, 0.1) is 11.3 Å². The Kier molecular flexibility index (Phi) is 3.64. The molecule has 2 fully saturated rings. The lowest BCUT2D eigenvalue weighted by Gasteiger charge is -2.28. The molecule has 3 nitrogen and oxygen atoms in total. The molecule has 0 aromatic rings. The van der Waals surface area contributed by atoms with Crippen LogP contribution in [0.15, 0.2) is 4.99 Å². The average Bonchev–Trinajstić information content (AvgIpc) is 2.89. The van der Waals surface area contributed by atoms with E-state index in [4.69, 9.17) is 0 Å². The van der Waals surface area contributed by atoms with Gasteiger partial charge < -0.3 is 10.2 Å². The standard InChI is InChI=1S/C14H27N3/c1-5-14(6-2)7-8-17(10-14)13(15-4)16-12-9-11(12)3/h11-12H,5-10H2,1-4H3,(H,15,16).